The zero-order chi connectivity index (χ0) is 14.8. The van der Waals surface area contributed by atoms with Gasteiger partial charge < -0.3 is 5.11 Å². The molecule has 0 saturated carbocycles. The van der Waals surface area contributed by atoms with Gasteiger partial charge in [0.15, 0.2) is 0 Å². The number of halogens is 1. The number of sulfonamides is 1. The minimum absolute atomic E-state index is 0.0140. The van der Waals surface area contributed by atoms with Crippen molar-refractivity contribution < 1.29 is 17.9 Å². The van der Waals surface area contributed by atoms with Crippen LogP contribution in [-0.4, -0.2) is 13.5 Å². The van der Waals surface area contributed by atoms with E-state index in [9.17, 15) is 17.9 Å². The van der Waals surface area contributed by atoms with Crippen LogP contribution in [0.1, 0.15) is 18.6 Å². The number of nitrogens with one attached hydrogen (secondary N) is 1. The molecule has 0 bridgehead atoms. The first kappa shape index (κ1) is 14.5. The molecule has 0 aliphatic heterocycles. The van der Waals surface area contributed by atoms with E-state index in [-0.39, 0.29) is 10.6 Å². The van der Waals surface area contributed by atoms with Crippen LogP contribution < -0.4 is 4.72 Å². The number of aliphatic hydroxyl groups excluding tert-OH is 1. The average molecular weight is 295 g/mol. The van der Waals surface area contributed by atoms with Crippen molar-refractivity contribution in [2.24, 2.45) is 0 Å². The SMILES string of the molecule is CC(O)c1cccc(S(=O)(=O)Nc2cccc(F)c2)c1. The van der Waals surface area contributed by atoms with Gasteiger partial charge in [0, 0.05) is 0 Å². The second-order valence-corrected chi connectivity index (χ2v) is 6.05. The van der Waals surface area contributed by atoms with Crippen LogP contribution in [0.4, 0.5) is 10.1 Å². The topological polar surface area (TPSA) is 66.4 Å². The normalized spacial score (nSPS) is 12.9. The van der Waals surface area contributed by atoms with E-state index < -0.39 is 21.9 Å². The van der Waals surface area contributed by atoms with E-state index in [1.807, 2.05) is 0 Å². The first-order valence-corrected chi connectivity index (χ1v) is 7.43. The molecule has 0 saturated heterocycles. The fourth-order valence-electron chi connectivity index (χ4n) is 1.71. The van der Waals surface area contributed by atoms with Gasteiger partial charge >= 0.3 is 0 Å². The van der Waals surface area contributed by atoms with Gasteiger partial charge in [-0.2, -0.15) is 0 Å². The van der Waals surface area contributed by atoms with Crippen molar-refractivity contribution >= 4 is 15.7 Å². The lowest BCUT2D eigenvalue weighted by Gasteiger charge is -2.10. The van der Waals surface area contributed by atoms with Gasteiger partial charge in [-0.05, 0) is 42.8 Å². The molecular weight excluding hydrogens is 281 g/mol. The minimum atomic E-state index is -3.81. The first-order valence-electron chi connectivity index (χ1n) is 5.95. The largest absolute Gasteiger partial charge is 0.389 e. The van der Waals surface area contributed by atoms with Crippen LogP contribution in [0.5, 0.6) is 0 Å². The molecule has 0 fully saturated rings. The molecule has 2 aromatic rings. The maximum Gasteiger partial charge on any atom is 0.261 e. The van der Waals surface area contributed by atoms with E-state index in [0.29, 0.717) is 5.56 Å². The molecule has 0 amide bonds. The van der Waals surface area contributed by atoms with Gasteiger partial charge in [-0.25, -0.2) is 12.8 Å². The quantitative estimate of drug-likeness (QED) is 0.911. The van der Waals surface area contributed by atoms with E-state index >= 15 is 0 Å². The summed E-state index contributed by atoms with van der Waals surface area (Å²) in [5.41, 5.74) is 0.638. The van der Waals surface area contributed by atoms with E-state index in [2.05, 4.69) is 4.72 Å². The number of rotatable bonds is 4. The maximum atomic E-state index is 13.0. The Bertz CT molecular complexity index is 714. The average Bonchev–Trinajstić information content (AvgIpc) is 2.38. The monoisotopic (exact) mass is 295 g/mol. The third-order valence-electron chi connectivity index (χ3n) is 2.73. The molecule has 0 heterocycles. The molecule has 2 rings (SSSR count). The highest BCUT2D eigenvalue weighted by molar-refractivity contribution is 7.92. The lowest BCUT2D eigenvalue weighted by molar-refractivity contribution is 0.199. The Morgan fingerprint density at radius 3 is 2.50 bits per heavy atom. The summed E-state index contributed by atoms with van der Waals surface area (Å²) in [7, 11) is -3.81. The zero-order valence-electron chi connectivity index (χ0n) is 10.7. The van der Waals surface area contributed by atoms with Crippen molar-refractivity contribution in [3.8, 4) is 0 Å². The van der Waals surface area contributed by atoms with Gasteiger partial charge in [-0.3, -0.25) is 4.72 Å². The van der Waals surface area contributed by atoms with Gasteiger partial charge in [0.05, 0.1) is 16.7 Å². The summed E-state index contributed by atoms with van der Waals surface area (Å²) < 4.78 is 39.7. The molecule has 0 aliphatic rings. The Morgan fingerprint density at radius 1 is 1.15 bits per heavy atom. The molecule has 1 unspecified atom stereocenters. The van der Waals surface area contributed by atoms with Gasteiger partial charge in [-0.1, -0.05) is 18.2 Å². The van der Waals surface area contributed by atoms with Gasteiger partial charge in [-0.15, -0.1) is 0 Å². The van der Waals surface area contributed by atoms with Crippen LogP contribution in [0.3, 0.4) is 0 Å². The molecule has 0 spiro atoms. The summed E-state index contributed by atoms with van der Waals surface area (Å²) in [6, 6.07) is 11.2. The summed E-state index contributed by atoms with van der Waals surface area (Å²) in [5.74, 6) is -0.525. The van der Waals surface area contributed by atoms with Gasteiger partial charge in [0.25, 0.3) is 10.0 Å². The molecule has 2 aromatic carbocycles. The molecule has 6 heteroatoms. The maximum absolute atomic E-state index is 13.0. The lowest BCUT2D eigenvalue weighted by atomic mass is 10.1. The van der Waals surface area contributed by atoms with Crippen LogP contribution in [0, 0.1) is 5.82 Å². The zero-order valence-corrected chi connectivity index (χ0v) is 11.6. The van der Waals surface area contributed by atoms with Crippen molar-refractivity contribution in [1.29, 1.82) is 0 Å². The highest BCUT2D eigenvalue weighted by Gasteiger charge is 2.15. The van der Waals surface area contributed by atoms with Gasteiger partial charge in [0.2, 0.25) is 0 Å². The first-order chi connectivity index (χ1) is 9.38. The Hall–Kier alpha value is -1.92. The number of aliphatic hydroxyl groups is 1. The Labute approximate surface area is 116 Å². The molecule has 4 nitrogen and oxygen atoms in total. The van der Waals surface area contributed by atoms with Crippen LogP contribution in [0.2, 0.25) is 0 Å². The number of anilines is 1. The highest BCUT2D eigenvalue weighted by Crippen LogP contribution is 2.20. The molecule has 0 aliphatic carbocycles. The van der Waals surface area contributed by atoms with Crippen molar-refractivity contribution in [3.05, 3.63) is 59.9 Å². The Kier molecular flexibility index (Phi) is 4.06. The predicted molar refractivity (Wildman–Crippen MR) is 74.3 cm³/mol. The fourth-order valence-corrected chi connectivity index (χ4v) is 2.81. The predicted octanol–water partition coefficient (Wildman–Crippen LogP) is 2.68. The van der Waals surface area contributed by atoms with E-state index in [1.165, 1.54) is 30.3 Å². The molecule has 106 valence electrons. The van der Waals surface area contributed by atoms with Crippen LogP contribution in [-0.2, 0) is 10.0 Å². The third-order valence-corrected chi connectivity index (χ3v) is 4.11. The molecule has 0 aromatic heterocycles. The molecule has 2 N–H and O–H groups in total. The lowest BCUT2D eigenvalue weighted by Crippen LogP contribution is -2.13. The number of hydrogen-bond donors (Lipinski definition) is 2. The number of hydrogen-bond acceptors (Lipinski definition) is 3. The van der Waals surface area contributed by atoms with Crippen molar-refractivity contribution in [1.82, 2.24) is 0 Å². The van der Waals surface area contributed by atoms with Crippen molar-refractivity contribution in [2.75, 3.05) is 4.72 Å². The van der Waals surface area contributed by atoms with Crippen molar-refractivity contribution in [3.63, 3.8) is 0 Å². The van der Waals surface area contributed by atoms with Crippen LogP contribution in [0.15, 0.2) is 53.4 Å². The number of benzene rings is 2. The molecule has 0 radical (unpaired) electrons. The summed E-state index contributed by atoms with van der Waals surface area (Å²) in [6.45, 7) is 1.55. The standard InChI is InChI=1S/C14H14FNO3S/c1-10(17)11-4-2-7-14(8-11)20(18,19)16-13-6-3-5-12(15)9-13/h2-10,16-17H,1H3. The van der Waals surface area contributed by atoms with E-state index in [4.69, 9.17) is 0 Å². The molecule has 1 atom stereocenters. The van der Waals surface area contributed by atoms with Crippen LogP contribution in [0.25, 0.3) is 0 Å². The smallest absolute Gasteiger partial charge is 0.261 e. The summed E-state index contributed by atoms with van der Waals surface area (Å²) >= 11 is 0. The third kappa shape index (κ3) is 3.34. The molecule has 20 heavy (non-hydrogen) atoms. The fraction of sp³-hybridized carbons (Fsp3) is 0.143. The van der Waals surface area contributed by atoms with Crippen LogP contribution >= 0.6 is 0 Å². The molecular formula is C14H14FNO3S. The summed E-state index contributed by atoms with van der Waals surface area (Å²) in [5, 5.41) is 9.48. The van der Waals surface area contributed by atoms with E-state index in [0.717, 1.165) is 6.07 Å². The van der Waals surface area contributed by atoms with Gasteiger partial charge in [0.1, 0.15) is 5.82 Å². The Balaban J connectivity index is 2.33. The Morgan fingerprint density at radius 2 is 1.85 bits per heavy atom. The van der Waals surface area contributed by atoms with E-state index in [1.54, 1.807) is 19.1 Å². The highest BCUT2D eigenvalue weighted by atomic mass is 32.2. The second-order valence-electron chi connectivity index (χ2n) is 4.36. The summed E-state index contributed by atoms with van der Waals surface area (Å²) in [4.78, 5) is 0.0140. The summed E-state index contributed by atoms with van der Waals surface area (Å²) in [6.07, 6.45) is -0.765. The van der Waals surface area contributed by atoms with Crippen molar-refractivity contribution in [2.45, 2.75) is 17.9 Å². The minimum Gasteiger partial charge on any atom is -0.389 e. The second kappa shape index (κ2) is 5.60.